The molecule has 0 saturated carbocycles. The maximum atomic E-state index is 12.9. The van der Waals surface area contributed by atoms with E-state index in [0.29, 0.717) is 45.5 Å². The number of nitrogens with one attached hydrogen (secondary N) is 2. The zero-order valence-electron chi connectivity index (χ0n) is 22.5. The van der Waals surface area contributed by atoms with E-state index in [1.54, 1.807) is 72.8 Å². The van der Waals surface area contributed by atoms with Gasteiger partial charge in [-0.3, -0.25) is 19.7 Å². The number of rotatable bonds is 8. The van der Waals surface area contributed by atoms with Gasteiger partial charge < -0.3 is 19.5 Å². The molecule has 9 nitrogen and oxygen atoms in total. The molecule has 0 unspecified atom stereocenters. The third-order valence-electron chi connectivity index (χ3n) is 6.43. The van der Waals surface area contributed by atoms with Gasteiger partial charge in [-0.1, -0.05) is 35.9 Å². The van der Waals surface area contributed by atoms with Crippen LogP contribution in [-0.4, -0.2) is 37.1 Å². The molecule has 0 aromatic heterocycles. The molecule has 4 aromatic rings. The normalized spacial score (nSPS) is 12.0. The molecule has 4 aromatic carbocycles. The predicted molar refractivity (Wildman–Crippen MR) is 163 cm³/mol. The Kier molecular flexibility index (Phi) is 8.37. The minimum absolute atomic E-state index is 0.0255. The maximum absolute atomic E-state index is 12.9. The number of methoxy groups -OCH3 is 2. The first-order valence-electron chi connectivity index (χ1n) is 12.6. The van der Waals surface area contributed by atoms with E-state index < -0.39 is 17.7 Å². The van der Waals surface area contributed by atoms with Crippen LogP contribution in [0.1, 0.15) is 36.6 Å². The second-order valence-electron chi connectivity index (χ2n) is 9.07. The van der Waals surface area contributed by atoms with Gasteiger partial charge in [-0.05, 0) is 72.4 Å². The number of nitrogens with zero attached hydrogens (tertiary/aromatic N) is 1. The van der Waals surface area contributed by atoms with Gasteiger partial charge in [0.25, 0.3) is 17.7 Å². The number of ether oxygens (including phenoxy) is 3. The number of halogens is 1. The van der Waals surface area contributed by atoms with Crippen LogP contribution in [0.2, 0.25) is 5.02 Å². The molecular formula is C31H24ClN3O6S. The van der Waals surface area contributed by atoms with E-state index in [1.807, 2.05) is 12.1 Å². The third kappa shape index (κ3) is 5.90. The lowest BCUT2D eigenvalue weighted by atomic mass is 10.1. The minimum atomic E-state index is -0.468. The highest BCUT2D eigenvalue weighted by Crippen LogP contribution is 2.36. The van der Waals surface area contributed by atoms with E-state index in [9.17, 15) is 14.4 Å². The Bertz CT molecular complexity index is 1670. The average Bonchev–Trinajstić information content (AvgIpc) is 3.25. The highest BCUT2D eigenvalue weighted by atomic mass is 35.5. The summed E-state index contributed by atoms with van der Waals surface area (Å²) in [4.78, 5) is 39.8. The first kappa shape index (κ1) is 28.6. The number of carbonyl (C=O) groups excluding carboxylic acids is 3. The van der Waals surface area contributed by atoms with Crippen LogP contribution in [0.15, 0.2) is 84.9 Å². The van der Waals surface area contributed by atoms with Gasteiger partial charge in [0.15, 0.2) is 16.6 Å². The van der Waals surface area contributed by atoms with Gasteiger partial charge in [-0.25, -0.2) is 4.90 Å². The van der Waals surface area contributed by atoms with Crippen molar-refractivity contribution in [3.05, 3.63) is 112 Å². The predicted octanol–water partition coefficient (Wildman–Crippen LogP) is 5.86. The van der Waals surface area contributed by atoms with Gasteiger partial charge in [0.05, 0.1) is 31.0 Å². The molecule has 0 saturated heterocycles. The summed E-state index contributed by atoms with van der Waals surface area (Å²) < 4.78 is 16.7. The Hall–Kier alpha value is -4.93. The van der Waals surface area contributed by atoms with E-state index in [2.05, 4.69) is 10.6 Å². The van der Waals surface area contributed by atoms with Crippen LogP contribution in [-0.2, 0) is 6.61 Å². The molecule has 5 rings (SSSR count). The van der Waals surface area contributed by atoms with E-state index >= 15 is 0 Å². The van der Waals surface area contributed by atoms with Crippen molar-refractivity contribution in [1.29, 1.82) is 0 Å². The number of carbonyl (C=O) groups is 3. The molecule has 42 heavy (non-hydrogen) atoms. The Morgan fingerprint density at radius 2 is 1.50 bits per heavy atom. The summed E-state index contributed by atoms with van der Waals surface area (Å²) in [7, 11) is 2.91. The number of amides is 3. The lowest BCUT2D eigenvalue weighted by Crippen LogP contribution is -2.34. The molecular weight excluding hydrogens is 578 g/mol. The van der Waals surface area contributed by atoms with Crippen molar-refractivity contribution in [1.82, 2.24) is 5.32 Å². The molecule has 212 valence electrons. The van der Waals surface area contributed by atoms with Crippen LogP contribution in [0.25, 0.3) is 0 Å². The number of imide groups is 1. The molecule has 3 amide bonds. The van der Waals surface area contributed by atoms with Crippen molar-refractivity contribution < 1.29 is 28.6 Å². The first-order valence-corrected chi connectivity index (χ1v) is 13.4. The zero-order chi connectivity index (χ0) is 29.8. The largest absolute Gasteiger partial charge is 0.494 e. The van der Waals surface area contributed by atoms with Crippen molar-refractivity contribution in [3.8, 4) is 17.2 Å². The highest BCUT2D eigenvalue weighted by molar-refractivity contribution is 7.80. The van der Waals surface area contributed by atoms with Gasteiger partial charge in [0.1, 0.15) is 12.4 Å². The van der Waals surface area contributed by atoms with Crippen LogP contribution >= 0.6 is 23.8 Å². The standard InChI is InChI=1S/C31H24ClN3O6S/c1-39-26-16-21(12-13-24(26)35-29(37)22-5-3-4-6-23(22)30(35)38)33-31(42)34-28(36)19-9-14-25(27(15-19)40-2)41-17-18-7-10-20(32)11-8-18/h3-16H,17H2,1-2H3,(H2,33,34,36,42). The summed E-state index contributed by atoms with van der Waals surface area (Å²) in [5, 5.41) is 6.21. The smallest absolute Gasteiger partial charge is 0.266 e. The van der Waals surface area contributed by atoms with Crippen molar-refractivity contribution in [3.63, 3.8) is 0 Å². The third-order valence-corrected chi connectivity index (χ3v) is 6.89. The van der Waals surface area contributed by atoms with Gasteiger partial charge in [0, 0.05) is 22.3 Å². The summed E-state index contributed by atoms with van der Waals surface area (Å²) in [6.45, 7) is 0.294. The fourth-order valence-electron chi connectivity index (χ4n) is 4.36. The molecule has 0 atom stereocenters. The fourth-order valence-corrected chi connectivity index (χ4v) is 4.69. The van der Waals surface area contributed by atoms with Crippen LogP contribution in [0.4, 0.5) is 11.4 Å². The van der Waals surface area contributed by atoms with Crippen LogP contribution in [0.5, 0.6) is 17.2 Å². The lowest BCUT2D eigenvalue weighted by Gasteiger charge is -2.19. The number of fused-ring (bicyclic) bond motifs is 1. The van der Waals surface area contributed by atoms with Gasteiger partial charge in [-0.15, -0.1) is 0 Å². The molecule has 0 bridgehead atoms. The van der Waals surface area contributed by atoms with Gasteiger partial charge in [-0.2, -0.15) is 0 Å². The number of benzene rings is 4. The molecule has 0 aliphatic carbocycles. The second kappa shape index (κ2) is 12.3. The van der Waals surface area contributed by atoms with Crippen molar-refractivity contribution >= 4 is 58.0 Å². The number of hydrogen-bond donors (Lipinski definition) is 2. The Morgan fingerprint density at radius 3 is 2.14 bits per heavy atom. The van der Waals surface area contributed by atoms with E-state index in [4.69, 9.17) is 38.0 Å². The molecule has 1 aliphatic rings. The highest BCUT2D eigenvalue weighted by Gasteiger charge is 2.37. The van der Waals surface area contributed by atoms with Gasteiger partial charge in [0.2, 0.25) is 0 Å². The summed E-state index contributed by atoms with van der Waals surface area (Å²) in [6.07, 6.45) is 0. The Labute approximate surface area is 251 Å². The number of thiocarbonyl (C=S) groups is 1. The molecule has 1 heterocycles. The lowest BCUT2D eigenvalue weighted by molar-refractivity contribution is 0.0922. The summed E-state index contributed by atoms with van der Waals surface area (Å²) in [5.41, 5.74) is 2.64. The summed E-state index contributed by atoms with van der Waals surface area (Å²) >= 11 is 11.3. The topological polar surface area (TPSA) is 106 Å². The molecule has 0 fully saturated rings. The minimum Gasteiger partial charge on any atom is -0.494 e. The Morgan fingerprint density at radius 1 is 0.833 bits per heavy atom. The van der Waals surface area contributed by atoms with Crippen LogP contribution in [0.3, 0.4) is 0 Å². The molecule has 0 spiro atoms. The average molecular weight is 602 g/mol. The van der Waals surface area contributed by atoms with E-state index in [1.165, 1.54) is 14.2 Å². The SMILES string of the molecule is COc1cc(C(=O)NC(=S)Nc2ccc(N3C(=O)c4ccccc4C3=O)c(OC)c2)ccc1OCc1ccc(Cl)cc1. The van der Waals surface area contributed by atoms with Crippen molar-refractivity contribution in [2.24, 2.45) is 0 Å². The molecule has 0 radical (unpaired) electrons. The Balaban J connectivity index is 1.24. The van der Waals surface area contributed by atoms with Crippen molar-refractivity contribution in [2.45, 2.75) is 6.61 Å². The van der Waals surface area contributed by atoms with Crippen molar-refractivity contribution in [2.75, 3.05) is 24.4 Å². The monoisotopic (exact) mass is 601 g/mol. The summed E-state index contributed by atoms with van der Waals surface area (Å²) in [6, 6.07) is 23.5. The van der Waals surface area contributed by atoms with Crippen LogP contribution < -0.4 is 29.7 Å². The molecule has 11 heteroatoms. The quantitative estimate of drug-likeness (QED) is 0.191. The first-order chi connectivity index (χ1) is 20.3. The van der Waals surface area contributed by atoms with E-state index in [-0.39, 0.29) is 16.5 Å². The fraction of sp³-hybridized carbons (Fsp3) is 0.0968. The zero-order valence-corrected chi connectivity index (χ0v) is 24.0. The van der Waals surface area contributed by atoms with Crippen LogP contribution in [0, 0.1) is 0 Å². The number of hydrogen-bond acceptors (Lipinski definition) is 7. The number of anilines is 2. The second-order valence-corrected chi connectivity index (χ2v) is 9.91. The summed E-state index contributed by atoms with van der Waals surface area (Å²) in [5.74, 6) is -0.227. The van der Waals surface area contributed by atoms with Gasteiger partial charge >= 0.3 is 0 Å². The van der Waals surface area contributed by atoms with E-state index in [0.717, 1.165) is 10.5 Å². The maximum Gasteiger partial charge on any atom is 0.266 e. The molecule has 2 N–H and O–H groups in total. The molecule has 1 aliphatic heterocycles.